The molecule has 2 rings (SSSR count). The molecule has 1 saturated heterocycles. The predicted octanol–water partition coefficient (Wildman–Crippen LogP) is 1.43. The van der Waals surface area contributed by atoms with Crippen molar-refractivity contribution in [3.05, 3.63) is 35.9 Å². The van der Waals surface area contributed by atoms with Crippen molar-refractivity contribution in [1.82, 2.24) is 10.2 Å². The average molecular weight is 348 g/mol. The number of alkyl halides is 4. The van der Waals surface area contributed by atoms with E-state index in [1.807, 2.05) is 0 Å². The lowest BCUT2D eigenvalue weighted by Gasteiger charge is -2.34. The van der Waals surface area contributed by atoms with Gasteiger partial charge in [0.15, 0.2) is 0 Å². The zero-order valence-corrected chi connectivity index (χ0v) is 12.6. The first-order valence-corrected chi connectivity index (χ1v) is 7.16. The van der Waals surface area contributed by atoms with E-state index in [0.29, 0.717) is 0 Å². The summed E-state index contributed by atoms with van der Waals surface area (Å²) >= 11 is 0. The van der Waals surface area contributed by atoms with E-state index >= 15 is 0 Å². The summed E-state index contributed by atoms with van der Waals surface area (Å²) in [5.74, 6) is -5.77. The van der Waals surface area contributed by atoms with Crippen molar-refractivity contribution in [2.45, 2.75) is 24.9 Å². The molecule has 24 heavy (non-hydrogen) atoms. The summed E-state index contributed by atoms with van der Waals surface area (Å²) in [6.45, 7) is -1.84. The maximum atomic E-state index is 12.9. The van der Waals surface area contributed by atoms with Gasteiger partial charge in [-0.05, 0) is 5.56 Å². The zero-order valence-electron chi connectivity index (χ0n) is 12.6. The molecule has 0 radical (unpaired) electrons. The molecule has 1 aromatic carbocycles. The number of morpholine rings is 1. The van der Waals surface area contributed by atoms with Crippen LogP contribution in [0.4, 0.5) is 17.6 Å². The number of carbonyl (C=O) groups excluding carboxylic acids is 2. The molecule has 1 atom stereocenters. The number of amides is 2. The SMILES string of the molecule is O=C(NCC(F)(F)C(F)F)[C@H]1COCC(=O)N1Cc1ccccc1. The Kier molecular flexibility index (Phi) is 5.76. The van der Waals surface area contributed by atoms with Gasteiger partial charge in [0.1, 0.15) is 12.6 Å². The number of hydrogen-bond donors (Lipinski definition) is 1. The quantitative estimate of drug-likeness (QED) is 0.792. The molecule has 0 saturated carbocycles. The van der Waals surface area contributed by atoms with Crippen LogP contribution < -0.4 is 5.32 Å². The molecule has 5 nitrogen and oxygen atoms in total. The highest BCUT2D eigenvalue weighted by molar-refractivity contribution is 5.89. The van der Waals surface area contributed by atoms with Crippen LogP contribution in [-0.2, 0) is 20.9 Å². The van der Waals surface area contributed by atoms with E-state index in [0.717, 1.165) is 5.56 Å². The summed E-state index contributed by atoms with van der Waals surface area (Å²) < 4.78 is 55.1. The van der Waals surface area contributed by atoms with E-state index in [-0.39, 0.29) is 19.8 Å². The smallest absolute Gasteiger partial charge is 0.324 e. The van der Waals surface area contributed by atoms with Crippen LogP contribution in [0.5, 0.6) is 0 Å². The lowest BCUT2D eigenvalue weighted by atomic mass is 10.1. The summed E-state index contributed by atoms with van der Waals surface area (Å²) in [7, 11) is 0. The van der Waals surface area contributed by atoms with Crippen LogP contribution in [0, 0.1) is 0 Å². The van der Waals surface area contributed by atoms with E-state index in [1.54, 1.807) is 35.6 Å². The first-order chi connectivity index (χ1) is 11.3. The molecule has 0 bridgehead atoms. The minimum Gasteiger partial charge on any atom is -0.369 e. The highest BCUT2D eigenvalue weighted by Gasteiger charge is 2.42. The number of carbonyl (C=O) groups is 2. The molecule has 1 aromatic rings. The molecule has 132 valence electrons. The number of benzene rings is 1. The monoisotopic (exact) mass is 348 g/mol. The van der Waals surface area contributed by atoms with Crippen molar-refractivity contribution in [3.63, 3.8) is 0 Å². The van der Waals surface area contributed by atoms with Crippen LogP contribution in [0.15, 0.2) is 30.3 Å². The molecule has 1 N–H and O–H groups in total. The highest BCUT2D eigenvalue weighted by Crippen LogP contribution is 2.22. The largest absolute Gasteiger partial charge is 0.369 e. The summed E-state index contributed by atoms with van der Waals surface area (Å²) in [5.41, 5.74) is 0.739. The molecule has 2 amide bonds. The van der Waals surface area contributed by atoms with E-state index in [9.17, 15) is 27.2 Å². The van der Waals surface area contributed by atoms with Crippen molar-refractivity contribution in [1.29, 1.82) is 0 Å². The molecule has 1 aliphatic heterocycles. The Bertz CT molecular complexity index is 583. The lowest BCUT2D eigenvalue weighted by molar-refractivity contribution is -0.158. The standard InChI is InChI=1S/C15H16F4N2O3/c16-14(17)15(18,19)9-20-13(23)11-7-24-8-12(22)21(11)6-10-4-2-1-3-5-10/h1-5,11,14H,6-9H2,(H,20,23)/t11-/m1/s1. The number of ether oxygens (including phenoxy) is 1. The van der Waals surface area contributed by atoms with Gasteiger partial charge in [0, 0.05) is 6.54 Å². The second-order valence-corrected chi connectivity index (χ2v) is 5.32. The fourth-order valence-electron chi connectivity index (χ4n) is 2.20. The minimum atomic E-state index is -4.33. The first kappa shape index (κ1) is 18.2. The van der Waals surface area contributed by atoms with E-state index in [1.165, 1.54) is 4.90 Å². The van der Waals surface area contributed by atoms with E-state index < -0.39 is 36.7 Å². The van der Waals surface area contributed by atoms with Crippen LogP contribution in [0.25, 0.3) is 0 Å². The lowest BCUT2D eigenvalue weighted by Crippen LogP contribution is -2.57. The fourth-order valence-corrected chi connectivity index (χ4v) is 2.20. The van der Waals surface area contributed by atoms with Crippen LogP contribution in [-0.4, -0.2) is 54.9 Å². The summed E-state index contributed by atoms with van der Waals surface area (Å²) in [5, 5.41) is 1.77. The van der Waals surface area contributed by atoms with Gasteiger partial charge < -0.3 is 15.0 Å². The Morgan fingerprint density at radius 3 is 2.62 bits per heavy atom. The molecule has 0 aromatic heterocycles. The maximum Gasteiger partial charge on any atom is 0.324 e. The molecule has 1 fully saturated rings. The van der Waals surface area contributed by atoms with Crippen LogP contribution in [0.2, 0.25) is 0 Å². The third-order valence-electron chi connectivity index (χ3n) is 3.51. The van der Waals surface area contributed by atoms with Gasteiger partial charge in [0.25, 0.3) is 0 Å². The normalized spacial score (nSPS) is 18.8. The zero-order chi connectivity index (χ0) is 17.7. The second-order valence-electron chi connectivity index (χ2n) is 5.32. The Morgan fingerprint density at radius 1 is 1.33 bits per heavy atom. The molecule has 0 unspecified atom stereocenters. The van der Waals surface area contributed by atoms with Crippen molar-refractivity contribution in [2.24, 2.45) is 0 Å². The van der Waals surface area contributed by atoms with Crippen molar-refractivity contribution in [3.8, 4) is 0 Å². The van der Waals surface area contributed by atoms with Crippen LogP contribution >= 0.6 is 0 Å². The molecular weight excluding hydrogens is 332 g/mol. The van der Waals surface area contributed by atoms with Crippen molar-refractivity contribution >= 4 is 11.8 Å². The number of rotatable bonds is 6. The summed E-state index contributed by atoms with van der Waals surface area (Å²) in [4.78, 5) is 25.2. The third-order valence-corrected chi connectivity index (χ3v) is 3.51. The predicted molar refractivity (Wildman–Crippen MR) is 75.6 cm³/mol. The van der Waals surface area contributed by atoms with Crippen LogP contribution in [0.1, 0.15) is 5.56 Å². The Morgan fingerprint density at radius 2 is 2.00 bits per heavy atom. The van der Waals surface area contributed by atoms with Gasteiger partial charge in [0.2, 0.25) is 11.8 Å². The van der Waals surface area contributed by atoms with Gasteiger partial charge in [-0.15, -0.1) is 0 Å². The molecule has 0 aliphatic carbocycles. The fraction of sp³-hybridized carbons (Fsp3) is 0.467. The van der Waals surface area contributed by atoms with Crippen molar-refractivity contribution in [2.75, 3.05) is 19.8 Å². The summed E-state index contributed by atoms with van der Waals surface area (Å²) in [6.07, 6.45) is -3.89. The van der Waals surface area contributed by atoms with Gasteiger partial charge >= 0.3 is 12.3 Å². The average Bonchev–Trinajstić information content (AvgIpc) is 2.55. The first-order valence-electron chi connectivity index (χ1n) is 7.16. The Balaban J connectivity index is 2.05. The molecule has 9 heteroatoms. The molecule has 0 spiro atoms. The van der Waals surface area contributed by atoms with Gasteiger partial charge in [-0.3, -0.25) is 9.59 Å². The Hall–Kier alpha value is -2.16. The van der Waals surface area contributed by atoms with E-state index in [2.05, 4.69) is 0 Å². The molecular formula is C15H16F4N2O3. The third kappa shape index (κ3) is 4.44. The van der Waals surface area contributed by atoms with Gasteiger partial charge in [0.05, 0.1) is 13.2 Å². The van der Waals surface area contributed by atoms with Gasteiger partial charge in [-0.25, -0.2) is 8.78 Å². The van der Waals surface area contributed by atoms with Gasteiger partial charge in [-0.1, -0.05) is 30.3 Å². The second kappa shape index (κ2) is 7.61. The number of nitrogens with one attached hydrogen (secondary N) is 1. The number of halogens is 4. The minimum absolute atomic E-state index is 0.0896. The molecule has 1 heterocycles. The van der Waals surface area contributed by atoms with Crippen molar-refractivity contribution < 1.29 is 31.9 Å². The maximum absolute atomic E-state index is 12.9. The Labute approximate surface area is 135 Å². The number of nitrogens with zero attached hydrogens (tertiary/aromatic N) is 1. The molecule has 1 aliphatic rings. The topological polar surface area (TPSA) is 58.6 Å². The van der Waals surface area contributed by atoms with Crippen LogP contribution in [0.3, 0.4) is 0 Å². The summed E-state index contributed by atoms with van der Waals surface area (Å²) in [6, 6.07) is 7.60. The van der Waals surface area contributed by atoms with Gasteiger partial charge in [-0.2, -0.15) is 8.78 Å². The number of hydrogen-bond acceptors (Lipinski definition) is 3. The van der Waals surface area contributed by atoms with E-state index in [4.69, 9.17) is 4.74 Å². The highest BCUT2D eigenvalue weighted by atomic mass is 19.3.